The zero-order chi connectivity index (χ0) is 20.3. The van der Waals surface area contributed by atoms with Crippen molar-refractivity contribution in [3.8, 4) is 0 Å². The quantitative estimate of drug-likeness (QED) is 0.617. The predicted molar refractivity (Wildman–Crippen MR) is 115 cm³/mol. The number of carbonyl (C=O) groups excluding carboxylic acids is 1. The SMILES string of the molecule is CCC[C@@H](C)[C@H]1CC[C@H]2[C@@H]3C(=O)[C@@H](CC)[C@@H]4C[C@H](O)CC[C@]4(C)[C@H]3CC[C@]12C. The maximum atomic E-state index is 13.9. The van der Waals surface area contributed by atoms with Gasteiger partial charge >= 0.3 is 0 Å². The molecule has 0 aromatic rings. The molecular weight excluding hydrogens is 344 g/mol. The zero-order valence-corrected chi connectivity index (χ0v) is 19.0. The molecule has 4 aliphatic rings. The fourth-order valence-corrected chi connectivity index (χ4v) is 9.27. The van der Waals surface area contributed by atoms with Crippen molar-refractivity contribution >= 4 is 5.78 Å². The lowest BCUT2D eigenvalue weighted by atomic mass is 9.42. The Morgan fingerprint density at radius 2 is 1.68 bits per heavy atom. The van der Waals surface area contributed by atoms with E-state index in [0.29, 0.717) is 34.9 Å². The monoisotopic (exact) mass is 388 g/mol. The highest BCUT2D eigenvalue weighted by molar-refractivity contribution is 5.86. The molecule has 10 atom stereocenters. The summed E-state index contributed by atoms with van der Waals surface area (Å²) >= 11 is 0. The van der Waals surface area contributed by atoms with Gasteiger partial charge in [0.1, 0.15) is 5.78 Å². The summed E-state index contributed by atoms with van der Waals surface area (Å²) in [6, 6.07) is 0. The van der Waals surface area contributed by atoms with E-state index in [-0.39, 0.29) is 17.4 Å². The minimum Gasteiger partial charge on any atom is -0.393 e. The Kier molecular flexibility index (Phi) is 5.52. The van der Waals surface area contributed by atoms with Crippen LogP contribution in [0.4, 0.5) is 0 Å². The Morgan fingerprint density at radius 3 is 2.36 bits per heavy atom. The number of ketones is 1. The first kappa shape index (κ1) is 20.9. The molecular formula is C26H44O2. The number of aliphatic hydroxyl groups is 1. The largest absolute Gasteiger partial charge is 0.393 e. The average Bonchev–Trinajstić information content (AvgIpc) is 3.01. The molecule has 0 radical (unpaired) electrons. The smallest absolute Gasteiger partial charge is 0.139 e. The van der Waals surface area contributed by atoms with Crippen molar-refractivity contribution in [3.05, 3.63) is 0 Å². The molecule has 4 rings (SSSR count). The van der Waals surface area contributed by atoms with Gasteiger partial charge in [-0.05, 0) is 91.8 Å². The van der Waals surface area contributed by atoms with Crippen molar-refractivity contribution in [2.75, 3.05) is 0 Å². The summed E-state index contributed by atoms with van der Waals surface area (Å²) in [6.07, 6.45) is 11.5. The van der Waals surface area contributed by atoms with Gasteiger partial charge in [-0.15, -0.1) is 0 Å². The van der Waals surface area contributed by atoms with Gasteiger partial charge in [0.15, 0.2) is 0 Å². The van der Waals surface area contributed by atoms with Crippen LogP contribution in [-0.2, 0) is 4.79 Å². The van der Waals surface area contributed by atoms with Crippen LogP contribution in [0.25, 0.3) is 0 Å². The topological polar surface area (TPSA) is 37.3 Å². The fraction of sp³-hybridized carbons (Fsp3) is 0.962. The van der Waals surface area contributed by atoms with Crippen LogP contribution in [-0.4, -0.2) is 17.0 Å². The third-order valence-corrected chi connectivity index (χ3v) is 10.6. The van der Waals surface area contributed by atoms with E-state index >= 15 is 0 Å². The molecule has 28 heavy (non-hydrogen) atoms. The molecule has 0 aromatic heterocycles. The number of aliphatic hydroxyl groups excluding tert-OH is 1. The van der Waals surface area contributed by atoms with Crippen LogP contribution in [0.1, 0.15) is 98.8 Å². The molecule has 4 aliphatic carbocycles. The van der Waals surface area contributed by atoms with Crippen molar-refractivity contribution in [3.63, 3.8) is 0 Å². The van der Waals surface area contributed by atoms with Crippen molar-refractivity contribution in [2.24, 2.45) is 52.3 Å². The lowest BCUT2D eigenvalue weighted by Gasteiger charge is -2.62. The van der Waals surface area contributed by atoms with Crippen LogP contribution in [0.2, 0.25) is 0 Å². The zero-order valence-electron chi connectivity index (χ0n) is 19.0. The lowest BCUT2D eigenvalue weighted by molar-refractivity contribution is -0.173. The Hall–Kier alpha value is -0.370. The van der Waals surface area contributed by atoms with E-state index in [9.17, 15) is 9.90 Å². The maximum absolute atomic E-state index is 13.9. The molecule has 160 valence electrons. The molecule has 1 N–H and O–H groups in total. The average molecular weight is 389 g/mol. The summed E-state index contributed by atoms with van der Waals surface area (Å²) in [5.74, 6) is 4.30. The summed E-state index contributed by atoms with van der Waals surface area (Å²) in [7, 11) is 0. The normalized spacial score (nSPS) is 51.9. The molecule has 2 heteroatoms. The van der Waals surface area contributed by atoms with Crippen molar-refractivity contribution in [1.29, 1.82) is 0 Å². The van der Waals surface area contributed by atoms with Crippen molar-refractivity contribution in [1.82, 2.24) is 0 Å². The second-order valence-corrected chi connectivity index (χ2v) is 11.7. The summed E-state index contributed by atoms with van der Waals surface area (Å²) in [6.45, 7) is 12.1. The van der Waals surface area contributed by atoms with E-state index in [1.54, 1.807) is 0 Å². The van der Waals surface area contributed by atoms with Crippen molar-refractivity contribution < 1.29 is 9.90 Å². The van der Waals surface area contributed by atoms with E-state index in [1.165, 1.54) is 38.5 Å². The first-order valence-electron chi connectivity index (χ1n) is 12.5. The molecule has 0 aromatic carbocycles. The van der Waals surface area contributed by atoms with Crippen LogP contribution in [0.3, 0.4) is 0 Å². The Bertz CT molecular complexity index is 599. The molecule has 0 amide bonds. The van der Waals surface area contributed by atoms with E-state index in [2.05, 4.69) is 34.6 Å². The number of hydrogen-bond donors (Lipinski definition) is 1. The van der Waals surface area contributed by atoms with Gasteiger partial charge in [-0.1, -0.05) is 47.5 Å². The number of Topliss-reactive ketones (excluding diaryl/α,β-unsaturated/α-hetero) is 1. The van der Waals surface area contributed by atoms with E-state index < -0.39 is 0 Å². The summed E-state index contributed by atoms with van der Waals surface area (Å²) < 4.78 is 0. The van der Waals surface area contributed by atoms with E-state index in [4.69, 9.17) is 0 Å². The first-order valence-corrected chi connectivity index (χ1v) is 12.5. The molecule has 4 fully saturated rings. The minimum atomic E-state index is -0.184. The molecule has 4 saturated carbocycles. The highest BCUT2D eigenvalue weighted by Gasteiger charge is 2.64. The van der Waals surface area contributed by atoms with Crippen LogP contribution >= 0.6 is 0 Å². The van der Waals surface area contributed by atoms with Gasteiger partial charge in [0.05, 0.1) is 6.10 Å². The number of fused-ring (bicyclic) bond motifs is 5. The van der Waals surface area contributed by atoms with Gasteiger partial charge in [0, 0.05) is 11.8 Å². The van der Waals surface area contributed by atoms with E-state index in [1.807, 2.05) is 0 Å². The van der Waals surface area contributed by atoms with Gasteiger partial charge in [-0.25, -0.2) is 0 Å². The number of carbonyl (C=O) groups is 1. The van der Waals surface area contributed by atoms with Gasteiger partial charge < -0.3 is 5.11 Å². The highest BCUT2D eigenvalue weighted by Crippen LogP contribution is 2.68. The summed E-state index contributed by atoms with van der Waals surface area (Å²) in [4.78, 5) is 13.9. The number of rotatable bonds is 4. The van der Waals surface area contributed by atoms with Crippen molar-refractivity contribution in [2.45, 2.75) is 105 Å². The highest BCUT2D eigenvalue weighted by atomic mass is 16.3. The van der Waals surface area contributed by atoms with Crippen LogP contribution in [0.15, 0.2) is 0 Å². The van der Waals surface area contributed by atoms with Gasteiger partial charge in [-0.3, -0.25) is 4.79 Å². The third kappa shape index (κ3) is 2.87. The standard InChI is InChI=1S/C26H44O2/c1-6-8-16(3)19-9-10-20-23-21(12-14-25(19,20)4)26(5)13-11-17(27)15-22(26)18(7-2)24(23)28/h16-23,27H,6-15H2,1-5H3/t16-,17-,18+,19-,20+,21+,22+,23+,25-,26-/m1/s1. The molecule has 0 aliphatic heterocycles. The predicted octanol–water partition coefficient (Wildman–Crippen LogP) is 6.26. The third-order valence-electron chi connectivity index (χ3n) is 10.6. The van der Waals surface area contributed by atoms with Crippen LogP contribution in [0.5, 0.6) is 0 Å². The second kappa shape index (κ2) is 7.40. The molecule has 0 bridgehead atoms. The summed E-state index contributed by atoms with van der Waals surface area (Å²) in [5.41, 5.74) is 0.647. The molecule has 0 spiro atoms. The molecule has 0 saturated heterocycles. The Balaban J connectivity index is 1.68. The van der Waals surface area contributed by atoms with Gasteiger partial charge in [0.25, 0.3) is 0 Å². The Morgan fingerprint density at radius 1 is 1.00 bits per heavy atom. The maximum Gasteiger partial charge on any atom is 0.139 e. The molecule has 2 nitrogen and oxygen atoms in total. The Labute approximate surface area is 173 Å². The lowest BCUT2D eigenvalue weighted by Crippen LogP contribution is -2.60. The van der Waals surface area contributed by atoms with E-state index in [0.717, 1.165) is 37.5 Å². The molecule has 0 unspecified atom stereocenters. The first-order chi connectivity index (χ1) is 13.3. The second-order valence-electron chi connectivity index (χ2n) is 11.7. The van der Waals surface area contributed by atoms with Crippen LogP contribution < -0.4 is 0 Å². The van der Waals surface area contributed by atoms with Gasteiger partial charge in [0.2, 0.25) is 0 Å². The molecule has 0 heterocycles. The number of hydrogen-bond acceptors (Lipinski definition) is 2. The fourth-order valence-electron chi connectivity index (χ4n) is 9.27. The summed E-state index contributed by atoms with van der Waals surface area (Å²) in [5, 5.41) is 10.4. The van der Waals surface area contributed by atoms with Gasteiger partial charge in [-0.2, -0.15) is 0 Å². The minimum absolute atomic E-state index is 0.184. The van der Waals surface area contributed by atoms with Crippen LogP contribution in [0, 0.1) is 52.3 Å².